The third-order valence-corrected chi connectivity index (χ3v) is 4.34. The van der Waals surface area contributed by atoms with Crippen LogP contribution in [0.15, 0.2) is 36.9 Å². The van der Waals surface area contributed by atoms with E-state index in [9.17, 15) is 9.18 Å². The second kappa shape index (κ2) is 4.98. The third kappa shape index (κ3) is 2.04. The summed E-state index contributed by atoms with van der Waals surface area (Å²) in [5, 5.41) is 0. The highest BCUT2D eigenvalue weighted by Gasteiger charge is 2.47. The Morgan fingerprint density at radius 3 is 2.76 bits per heavy atom. The largest absolute Gasteiger partial charge is 0.453 e. The van der Waals surface area contributed by atoms with Gasteiger partial charge in [-0.2, -0.15) is 0 Å². The fourth-order valence-corrected chi connectivity index (χ4v) is 3.16. The van der Waals surface area contributed by atoms with E-state index >= 15 is 0 Å². The SMILES string of the molecule is CCC1(CC)OC(=O)c2ccc(F)cc2[C@@H]1n1ccnc1. The van der Waals surface area contributed by atoms with Crippen LogP contribution in [-0.2, 0) is 4.74 Å². The zero-order valence-electron chi connectivity index (χ0n) is 12.0. The van der Waals surface area contributed by atoms with E-state index in [0.717, 1.165) is 0 Å². The van der Waals surface area contributed by atoms with Gasteiger partial charge in [-0.1, -0.05) is 13.8 Å². The fourth-order valence-electron chi connectivity index (χ4n) is 3.16. The van der Waals surface area contributed by atoms with Crippen molar-refractivity contribution in [3.05, 3.63) is 53.9 Å². The van der Waals surface area contributed by atoms with E-state index in [4.69, 9.17) is 4.74 Å². The number of imidazole rings is 1. The van der Waals surface area contributed by atoms with Crippen LogP contribution >= 0.6 is 0 Å². The Morgan fingerprint density at radius 2 is 2.14 bits per heavy atom. The first-order chi connectivity index (χ1) is 10.1. The van der Waals surface area contributed by atoms with Gasteiger partial charge in [0.05, 0.1) is 11.9 Å². The van der Waals surface area contributed by atoms with Crippen molar-refractivity contribution < 1.29 is 13.9 Å². The number of ether oxygens (including phenoxy) is 1. The summed E-state index contributed by atoms with van der Waals surface area (Å²) in [6.07, 6.45) is 6.46. The van der Waals surface area contributed by atoms with E-state index < -0.39 is 5.60 Å². The van der Waals surface area contributed by atoms with Crippen molar-refractivity contribution in [3.63, 3.8) is 0 Å². The molecule has 3 rings (SSSR count). The van der Waals surface area contributed by atoms with Crippen molar-refractivity contribution in [1.29, 1.82) is 0 Å². The van der Waals surface area contributed by atoms with E-state index in [1.165, 1.54) is 18.2 Å². The highest BCUT2D eigenvalue weighted by atomic mass is 19.1. The molecule has 2 heterocycles. The zero-order chi connectivity index (χ0) is 15.0. The van der Waals surface area contributed by atoms with Crippen molar-refractivity contribution in [2.24, 2.45) is 0 Å². The van der Waals surface area contributed by atoms with E-state index in [1.54, 1.807) is 12.5 Å². The lowest BCUT2D eigenvalue weighted by molar-refractivity contribution is -0.0515. The smallest absolute Gasteiger partial charge is 0.339 e. The normalized spacial score (nSPS) is 20.0. The summed E-state index contributed by atoms with van der Waals surface area (Å²) in [6.45, 7) is 3.95. The molecule has 0 unspecified atom stereocenters. The molecule has 4 nitrogen and oxygen atoms in total. The summed E-state index contributed by atoms with van der Waals surface area (Å²) in [6, 6.07) is 3.95. The quantitative estimate of drug-likeness (QED) is 0.814. The molecule has 0 spiro atoms. The minimum Gasteiger partial charge on any atom is -0.453 e. The molecule has 0 fully saturated rings. The maximum absolute atomic E-state index is 13.7. The van der Waals surface area contributed by atoms with Gasteiger partial charge in [-0.15, -0.1) is 0 Å². The Labute approximate surface area is 122 Å². The number of hydrogen-bond donors (Lipinski definition) is 0. The standard InChI is InChI=1S/C16H17FN2O2/c1-3-16(4-2)14(19-8-7-18-10-19)13-9-11(17)5-6-12(13)15(20)21-16/h5-10,14H,3-4H2,1-2H3/t14-/m0/s1. The molecule has 1 aliphatic heterocycles. The Hall–Kier alpha value is -2.17. The minimum absolute atomic E-state index is 0.265. The third-order valence-electron chi connectivity index (χ3n) is 4.34. The molecular weight excluding hydrogens is 271 g/mol. The van der Waals surface area contributed by atoms with Gasteiger partial charge in [-0.25, -0.2) is 14.2 Å². The number of halogens is 1. The topological polar surface area (TPSA) is 44.1 Å². The molecule has 21 heavy (non-hydrogen) atoms. The van der Waals surface area contributed by atoms with Crippen LogP contribution in [0, 0.1) is 5.82 Å². The van der Waals surface area contributed by atoms with E-state index in [2.05, 4.69) is 4.98 Å². The van der Waals surface area contributed by atoms with Crippen LogP contribution in [0.4, 0.5) is 4.39 Å². The van der Waals surface area contributed by atoms with Gasteiger partial charge in [0.25, 0.3) is 0 Å². The molecule has 5 heteroatoms. The van der Waals surface area contributed by atoms with Gasteiger partial charge in [0.15, 0.2) is 0 Å². The lowest BCUT2D eigenvalue weighted by Crippen LogP contribution is -2.47. The van der Waals surface area contributed by atoms with Gasteiger partial charge in [0.2, 0.25) is 0 Å². The number of carbonyl (C=O) groups excluding carboxylic acids is 1. The van der Waals surface area contributed by atoms with Gasteiger partial charge < -0.3 is 9.30 Å². The summed E-state index contributed by atoms with van der Waals surface area (Å²) in [5.41, 5.74) is 0.402. The molecule has 1 aromatic heterocycles. The van der Waals surface area contributed by atoms with Crippen LogP contribution in [0.2, 0.25) is 0 Å². The molecule has 0 saturated carbocycles. The van der Waals surface area contributed by atoms with Crippen molar-refractivity contribution >= 4 is 5.97 Å². The Morgan fingerprint density at radius 1 is 1.38 bits per heavy atom. The second-order valence-electron chi connectivity index (χ2n) is 5.31. The molecule has 0 saturated heterocycles. The first-order valence-corrected chi connectivity index (χ1v) is 7.11. The van der Waals surface area contributed by atoms with Crippen LogP contribution in [0.25, 0.3) is 0 Å². The van der Waals surface area contributed by atoms with E-state index in [1.807, 2.05) is 24.6 Å². The molecule has 0 N–H and O–H groups in total. The van der Waals surface area contributed by atoms with Crippen molar-refractivity contribution in [2.45, 2.75) is 38.3 Å². The molecule has 1 atom stereocenters. The predicted molar refractivity (Wildman–Crippen MR) is 75.5 cm³/mol. The number of benzene rings is 1. The lowest BCUT2D eigenvalue weighted by atomic mass is 9.79. The fraction of sp³-hybridized carbons (Fsp3) is 0.375. The number of carbonyl (C=O) groups is 1. The van der Waals surface area contributed by atoms with Crippen LogP contribution < -0.4 is 0 Å². The van der Waals surface area contributed by atoms with Crippen LogP contribution in [0.5, 0.6) is 0 Å². The molecule has 1 aromatic carbocycles. The predicted octanol–water partition coefficient (Wildman–Crippen LogP) is 3.34. The van der Waals surface area contributed by atoms with Crippen LogP contribution in [-0.4, -0.2) is 21.1 Å². The molecular formula is C16H17FN2O2. The molecule has 0 amide bonds. The van der Waals surface area contributed by atoms with Gasteiger partial charge in [-0.3, -0.25) is 0 Å². The summed E-state index contributed by atoms with van der Waals surface area (Å²) in [7, 11) is 0. The summed E-state index contributed by atoms with van der Waals surface area (Å²) in [5.74, 6) is -0.736. The maximum atomic E-state index is 13.7. The van der Waals surface area contributed by atoms with Crippen molar-refractivity contribution in [3.8, 4) is 0 Å². The molecule has 0 bridgehead atoms. The monoisotopic (exact) mass is 288 g/mol. The highest BCUT2D eigenvalue weighted by molar-refractivity contribution is 5.93. The summed E-state index contributed by atoms with van der Waals surface area (Å²) < 4.78 is 21.4. The van der Waals surface area contributed by atoms with E-state index in [0.29, 0.717) is 24.0 Å². The number of cyclic esters (lactones) is 1. The first kappa shape index (κ1) is 13.8. The van der Waals surface area contributed by atoms with E-state index in [-0.39, 0.29) is 17.8 Å². The van der Waals surface area contributed by atoms with Crippen LogP contribution in [0.3, 0.4) is 0 Å². The van der Waals surface area contributed by atoms with Gasteiger partial charge >= 0.3 is 5.97 Å². The molecule has 110 valence electrons. The van der Waals surface area contributed by atoms with Gasteiger partial charge in [0, 0.05) is 12.4 Å². The lowest BCUT2D eigenvalue weighted by Gasteiger charge is -2.43. The average molecular weight is 288 g/mol. The Balaban J connectivity index is 2.26. The maximum Gasteiger partial charge on any atom is 0.339 e. The molecule has 0 radical (unpaired) electrons. The zero-order valence-corrected chi connectivity index (χ0v) is 12.0. The Kier molecular flexibility index (Phi) is 3.27. The number of esters is 1. The van der Waals surface area contributed by atoms with Crippen molar-refractivity contribution in [2.75, 3.05) is 0 Å². The van der Waals surface area contributed by atoms with Crippen LogP contribution in [0.1, 0.15) is 48.7 Å². The number of hydrogen-bond acceptors (Lipinski definition) is 3. The number of nitrogens with zero attached hydrogens (tertiary/aromatic N) is 2. The van der Waals surface area contributed by atoms with Crippen molar-refractivity contribution in [1.82, 2.24) is 9.55 Å². The van der Waals surface area contributed by atoms with Gasteiger partial charge in [-0.05, 0) is 36.6 Å². The molecule has 1 aliphatic rings. The number of rotatable bonds is 3. The average Bonchev–Trinajstić information content (AvgIpc) is 3.00. The second-order valence-corrected chi connectivity index (χ2v) is 5.31. The van der Waals surface area contributed by atoms with Gasteiger partial charge in [0.1, 0.15) is 17.5 Å². The molecule has 0 aliphatic carbocycles. The number of aromatic nitrogens is 2. The minimum atomic E-state index is -0.682. The summed E-state index contributed by atoms with van der Waals surface area (Å²) >= 11 is 0. The molecule has 2 aromatic rings. The highest BCUT2D eigenvalue weighted by Crippen LogP contribution is 2.44. The first-order valence-electron chi connectivity index (χ1n) is 7.11. The Bertz CT molecular complexity index is 663. The number of fused-ring (bicyclic) bond motifs is 1. The summed E-state index contributed by atoms with van der Waals surface area (Å²) in [4.78, 5) is 16.4.